The molecule has 5 heteroatoms. The van der Waals surface area contributed by atoms with Gasteiger partial charge in [0.1, 0.15) is 0 Å². The molecule has 0 aliphatic carbocycles. The lowest BCUT2D eigenvalue weighted by molar-refractivity contribution is 0.453. The molecule has 0 radical (unpaired) electrons. The van der Waals surface area contributed by atoms with Crippen molar-refractivity contribution in [2.45, 2.75) is 18.7 Å². The Morgan fingerprint density at radius 1 is 1.35 bits per heavy atom. The molecular formula is C12H18N2O2S. The first-order chi connectivity index (χ1) is 7.87. The molecule has 0 fully saturated rings. The second-order valence-corrected chi connectivity index (χ2v) is 5.90. The zero-order chi connectivity index (χ0) is 13.1. The molecule has 94 valence electrons. The molecule has 0 unspecified atom stereocenters. The lowest BCUT2D eigenvalue weighted by atomic mass is 10.3. The van der Waals surface area contributed by atoms with Gasteiger partial charge in [-0.05, 0) is 31.2 Å². The molecule has 1 aromatic rings. The van der Waals surface area contributed by atoms with Crippen LogP contribution in [0.4, 0.5) is 5.69 Å². The van der Waals surface area contributed by atoms with E-state index < -0.39 is 10.0 Å². The Hall–Kier alpha value is -1.33. The minimum absolute atomic E-state index is 0.259. The average Bonchev–Trinajstić information content (AvgIpc) is 2.26. The van der Waals surface area contributed by atoms with Crippen LogP contribution in [0.3, 0.4) is 0 Å². The van der Waals surface area contributed by atoms with Crippen molar-refractivity contribution in [1.82, 2.24) is 4.31 Å². The average molecular weight is 254 g/mol. The number of nitrogen functional groups attached to an aromatic ring is 1. The summed E-state index contributed by atoms with van der Waals surface area (Å²) in [7, 11) is -3.45. The summed E-state index contributed by atoms with van der Waals surface area (Å²) in [5.41, 5.74) is 6.90. The summed E-state index contributed by atoms with van der Waals surface area (Å²) in [5, 5.41) is 0. The number of benzene rings is 1. The zero-order valence-electron chi connectivity index (χ0n) is 10.2. The van der Waals surface area contributed by atoms with Gasteiger partial charge in [-0.1, -0.05) is 19.1 Å². The Bertz CT molecular complexity index is 492. The van der Waals surface area contributed by atoms with E-state index in [2.05, 4.69) is 6.58 Å². The number of likely N-dealkylation sites (N-methyl/N-ethyl adjacent to an activating group) is 1. The molecule has 2 N–H and O–H groups in total. The highest BCUT2D eigenvalue weighted by Crippen LogP contribution is 2.17. The topological polar surface area (TPSA) is 63.4 Å². The Morgan fingerprint density at radius 3 is 2.29 bits per heavy atom. The third-order valence-electron chi connectivity index (χ3n) is 2.32. The molecule has 0 heterocycles. The normalized spacial score (nSPS) is 11.7. The quantitative estimate of drug-likeness (QED) is 0.644. The third-order valence-corrected chi connectivity index (χ3v) is 4.25. The summed E-state index contributed by atoms with van der Waals surface area (Å²) >= 11 is 0. The third kappa shape index (κ3) is 3.31. The molecule has 1 aromatic carbocycles. The maximum atomic E-state index is 12.3. The van der Waals surface area contributed by atoms with E-state index in [0.717, 1.165) is 5.57 Å². The highest BCUT2D eigenvalue weighted by molar-refractivity contribution is 7.89. The van der Waals surface area contributed by atoms with Crippen LogP contribution in [0, 0.1) is 0 Å². The first kappa shape index (κ1) is 13.7. The molecule has 0 aliphatic heterocycles. The number of sulfonamides is 1. The van der Waals surface area contributed by atoms with Crippen LogP contribution in [-0.4, -0.2) is 25.8 Å². The Labute approximate surface area is 103 Å². The van der Waals surface area contributed by atoms with Gasteiger partial charge in [-0.2, -0.15) is 4.31 Å². The summed E-state index contributed by atoms with van der Waals surface area (Å²) < 4.78 is 25.9. The Balaban J connectivity index is 3.08. The van der Waals surface area contributed by atoms with E-state index >= 15 is 0 Å². The first-order valence-electron chi connectivity index (χ1n) is 5.38. The lowest BCUT2D eigenvalue weighted by Crippen LogP contribution is -2.32. The molecule has 0 aromatic heterocycles. The van der Waals surface area contributed by atoms with E-state index in [4.69, 9.17) is 5.73 Å². The molecule has 0 atom stereocenters. The van der Waals surface area contributed by atoms with Gasteiger partial charge in [0.2, 0.25) is 10.0 Å². The maximum absolute atomic E-state index is 12.3. The van der Waals surface area contributed by atoms with Crippen molar-refractivity contribution in [3.05, 3.63) is 36.4 Å². The van der Waals surface area contributed by atoms with Crippen LogP contribution in [-0.2, 0) is 10.0 Å². The lowest BCUT2D eigenvalue weighted by Gasteiger charge is -2.20. The van der Waals surface area contributed by atoms with Crippen molar-refractivity contribution in [2.75, 3.05) is 18.8 Å². The van der Waals surface area contributed by atoms with E-state index in [9.17, 15) is 8.42 Å². The number of nitrogens with two attached hydrogens (primary N) is 1. The highest BCUT2D eigenvalue weighted by Gasteiger charge is 2.22. The minimum Gasteiger partial charge on any atom is -0.399 e. The van der Waals surface area contributed by atoms with Crippen LogP contribution in [0.5, 0.6) is 0 Å². The zero-order valence-corrected chi connectivity index (χ0v) is 11.0. The van der Waals surface area contributed by atoms with Gasteiger partial charge in [0.25, 0.3) is 0 Å². The standard InChI is InChI=1S/C12H18N2O2S/c1-4-14(9-10(2)3)17(15,16)12-7-5-11(13)6-8-12/h5-8H,2,4,9,13H2,1,3H3. The van der Waals surface area contributed by atoms with Crippen molar-refractivity contribution >= 4 is 15.7 Å². The van der Waals surface area contributed by atoms with Gasteiger partial charge in [-0.3, -0.25) is 0 Å². The molecule has 0 saturated carbocycles. The summed E-state index contributed by atoms with van der Waals surface area (Å²) in [4.78, 5) is 0.259. The molecular weight excluding hydrogens is 236 g/mol. The van der Waals surface area contributed by atoms with Crippen molar-refractivity contribution < 1.29 is 8.42 Å². The monoisotopic (exact) mass is 254 g/mol. The summed E-state index contributed by atoms with van der Waals surface area (Å²) in [5.74, 6) is 0. The first-order valence-corrected chi connectivity index (χ1v) is 6.82. The van der Waals surface area contributed by atoms with E-state index in [-0.39, 0.29) is 4.90 Å². The van der Waals surface area contributed by atoms with Crippen molar-refractivity contribution in [3.8, 4) is 0 Å². The Kier molecular flexibility index (Phi) is 4.31. The molecule has 0 spiro atoms. The summed E-state index contributed by atoms with van der Waals surface area (Å²) in [6.07, 6.45) is 0. The van der Waals surface area contributed by atoms with Crippen molar-refractivity contribution in [1.29, 1.82) is 0 Å². The fourth-order valence-corrected chi connectivity index (χ4v) is 2.97. The predicted molar refractivity (Wildman–Crippen MR) is 70.1 cm³/mol. The molecule has 0 amide bonds. The van der Waals surface area contributed by atoms with Gasteiger partial charge in [0.05, 0.1) is 4.90 Å². The highest BCUT2D eigenvalue weighted by atomic mass is 32.2. The van der Waals surface area contributed by atoms with Gasteiger partial charge in [-0.15, -0.1) is 0 Å². The van der Waals surface area contributed by atoms with Gasteiger partial charge in [0, 0.05) is 18.8 Å². The van der Waals surface area contributed by atoms with E-state index in [1.165, 1.54) is 16.4 Å². The van der Waals surface area contributed by atoms with E-state index in [1.54, 1.807) is 26.0 Å². The van der Waals surface area contributed by atoms with Gasteiger partial charge in [-0.25, -0.2) is 8.42 Å². The summed E-state index contributed by atoms with van der Waals surface area (Å²) in [6.45, 7) is 8.10. The number of anilines is 1. The molecule has 17 heavy (non-hydrogen) atoms. The van der Waals surface area contributed by atoms with Crippen LogP contribution in [0.15, 0.2) is 41.3 Å². The molecule has 0 bridgehead atoms. The van der Waals surface area contributed by atoms with Crippen molar-refractivity contribution in [2.24, 2.45) is 0 Å². The second-order valence-electron chi connectivity index (χ2n) is 3.96. The van der Waals surface area contributed by atoms with Gasteiger partial charge < -0.3 is 5.73 Å². The van der Waals surface area contributed by atoms with Crippen LogP contribution in [0.2, 0.25) is 0 Å². The molecule has 4 nitrogen and oxygen atoms in total. The van der Waals surface area contributed by atoms with Gasteiger partial charge in [0.15, 0.2) is 0 Å². The fraction of sp³-hybridized carbons (Fsp3) is 0.333. The SMILES string of the molecule is C=C(C)CN(CC)S(=O)(=O)c1ccc(N)cc1. The second kappa shape index (κ2) is 5.33. The van der Waals surface area contributed by atoms with Crippen LogP contribution >= 0.6 is 0 Å². The van der Waals surface area contributed by atoms with E-state index in [1.807, 2.05) is 0 Å². The predicted octanol–water partition coefficient (Wildman–Crippen LogP) is 1.86. The maximum Gasteiger partial charge on any atom is 0.243 e. The van der Waals surface area contributed by atoms with Gasteiger partial charge >= 0.3 is 0 Å². The largest absolute Gasteiger partial charge is 0.399 e. The number of nitrogens with zero attached hydrogens (tertiary/aromatic N) is 1. The minimum atomic E-state index is -3.45. The van der Waals surface area contributed by atoms with E-state index in [0.29, 0.717) is 18.8 Å². The molecule has 1 rings (SSSR count). The number of rotatable bonds is 5. The molecule has 0 aliphatic rings. The smallest absolute Gasteiger partial charge is 0.243 e. The number of hydrogen-bond donors (Lipinski definition) is 1. The summed E-state index contributed by atoms with van der Waals surface area (Å²) in [6, 6.07) is 6.21. The number of hydrogen-bond acceptors (Lipinski definition) is 3. The van der Waals surface area contributed by atoms with Crippen molar-refractivity contribution in [3.63, 3.8) is 0 Å². The Morgan fingerprint density at radius 2 is 1.88 bits per heavy atom. The fourth-order valence-electron chi connectivity index (χ4n) is 1.46. The molecule has 0 saturated heterocycles. The van der Waals surface area contributed by atoms with Crippen LogP contribution in [0.25, 0.3) is 0 Å². The van der Waals surface area contributed by atoms with Crippen LogP contribution < -0.4 is 5.73 Å². The van der Waals surface area contributed by atoms with Crippen LogP contribution in [0.1, 0.15) is 13.8 Å².